The third kappa shape index (κ3) is 1.76. The van der Waals surface area contributed by atoms with Gasteiger partial charge in [0.15, 0.2) is 11.8 Å². The van der Waals surface area contributed by atoms with Crippen molar-refractivity contribution in [3.8, 4) is 0 Å². The lowest BCUT2D eigenvalue weighted by atomic mass is 9.87. The lowest BCUT2D eigenvalue weighted by molar-refractivity contribution is -0.537. The van der Waals surface area contributed by atoms with Crippen molar-refractivity contribution < 1.29 is 4.74 Å². The molecule has 80 valence electrons. The van der Waals surface area contributed by atoms with Crippen LogP contribution in [0.15, 0.2) is 24.3 Å². The Morgan fingerprint density at radius 2 is 2.00 bits per heavy atom. The molecule has 2 heteroatoms. The molecule has 0 amide bonds. The van der Waals surface area contributed by atoms with Crippen LogP contribution in [0.2, 0.25) is 0 Å². The van der Waals surface area contributed by atoms with Gasteiger partial charge < -0.3 is 5.21 Å². The number of hydrogen-bond donors (Lipinski definition) is 0. The van der Waals surface area contributed by atoms with Gasteiger partial charge in [-0.05, 0) is 17.5 Å². The highest BCUT2D eigenvalue weighted by atomic mass is 16.5. The summed E-state index contributed by atoms with van der Waals surface area (Å²) in [4.78, 5) is 0. The number of rotatable bonds is 0. The SMILES string of the molecule is CC1CC(C)(C)[N+]([O-])=Cc2ccccc21. The zero-order valence-corrected chi connectivity index (χ0v) is 9.53. The Morgan fingerprint density at radius 3 is 2.73 bits per heavy atom. The van der Waals surface area contributed by atoms with E-state index in [4.69, 9.17) is 0 Å². The monoisotopic (exact) mass is 203 g/mol. The van der Waals surface area contributed by atoms with Gasteiger partial charge in [-0.3, -0.25) is 0 Å². The van der Waals surface area contributed by atoms with Crippen LogP contribution in [0.25, 0.3) is 0 Å². The van der Waals surface area contributed by atoms with Crippen LogP contribution in [0, 0.1) is 5.21 Å². The highest BCUT2D eigenvalue weighted by Gasteiger charge is 2.32. The molecule has 1 aliphatic heterocycles. The summed E-state index contributed by atoms with van der Waals surface area (Å²) in [6, 6.07) is 8.15. The smallest absolute Gasteiger partial charge is 0.182 e. The molecule has 1 aromatic rings. The molecule has 0 aromatic heterocycles. The van der Waals surface area contributed by atoms with Gasteiger partial charge in [-0.25, -0.2) is 4.74 Å². The van der Waals surface area contributed by atoms with Crippen LogP contribution in [0.5, 0.6) is 0 Å². The summed E-state index contributed by atoms with van der Waals surface area (Å²) >= 11 is 0. The first-order valence-corrected chi connectivity index (χ1v) is 5.41. The van der Waals surface area contributed by atoms with Crippen molar-refractivity contribution in [2.24, 2.45) is 0 Å². The highest BCUT2D eigenvalue weighted by Crippen LogP contribution is 2.31. The van der Waals surface area contributed by atoms with Crippen molar-refractivity contribution in [2.75, 3.05) is 0 Å². The molecule has 1 aliphatic rings. The molecule has 0 aliphatic carbocycles. The van der Waals surface area contributed by atoms with E-state index in [9.17, 15) is 5.21 Å². The highest BCUT2D eigenvalue weighted by molar-refractivity contribution is 5.78. The van der Waals surface area contributed by atoms with Crippen LogP contribution >= 0.6 is 0 Å². The number of fused-ring (bicyclic) bond motifs is 1. The van der Waals surface area contributed by atoms with Gasteiger partial charge in [-0.2, -0.15) is 0 Å². The second-order valence-electron chi connectivity index (χ2n) is 5.00. The van der Waals surface area contributed by atoms with Crippen molar-refractivity contribution in [2.45, 2.75) is 38.6 Å². The molecule has 0 saturated carbocycles. The van der Waals surface area contributed by atoms with Crippen molar-refractivity contribution >= 4 is 6.21 Å². The van der Waals surface area contributed by atoms with Crippen LogP contribution in [-0.4, -0.2) is 16.5 Å². The van der Waals surface area contributed by atoms with Crippen molar-refractivity contribution in [1.29, 1.82) is 0 Å². The molecule has 2 nitrogen and oxygen atoms in total. The molecule has 0 bridgehead atoms. The van der Waals surface area contributed by atoms with E-state index in [-0.39, 0.29) is 5.54 Å². The first-order chi connectivity index (χ1) is 7.00. The molecule has 1 heterocycles. The summed E-state index contributed by atoms with van der Waals surface area (Å²) in [5, 5.41) is 11.9. The second kappa shape index (κ2) is 3.37. The first kappa shape index (κ1) is 10.2. The van der Waals surface area contributed by atoms with E-state index in [1.165, 1.54) is 5.56 Å². The van der Waals surface area contributed by atoms with Crippen LogP contribution in [0.3, 0.4) is 0 Å². The lowest BCUT2D eigenvalue weighted by Crippen LogP contribution is -2.33. The van der Waals surface area contributed by atoms with E-state index in [1.54, 1.807) is 6.21 Å². The van der Waals surface area contributed by atoms with Gasteiger partial charge in [0.05, 0.1) is 0 Å². The zero-order chi connectivity index (χ0) is 11.1. The average Bonchev–Trinajstić information content (AvgIpc) is 2.24. The standard InChI is InChI=1S/C13H17NO/c1-10-8-13(2,3)14(15)9-11-6-4-5-7-12(10)11/h4-7,9-10H,8H2,1-3H3. The van der Waals surface area contributed by atoms with Gasteiger partial charge in [0.25, 0.3) is 0 Å². The number of nitrogens with zero attached hydrogens (tertiary/aromatic N) is 1. The minimum Gasteiger partial charge on any atom is -0.623 e. The maximum absolute atomic E-state index is 11.9. The van der Waals surface area contributed by atoms with Crippen molar-refractivity contribution in [1.82, 2.24) is 0 Å². The number of hydrogen-bond acceptors (Lipinski definition) is 1. The van der Waals surface area contributed by atoms with Crippen LogP contribution in [0.4, 0.5) is 0 Å². The zero-order valence-electron chi connectivity index (χ0n) is 9.53. The van der Waals surface area contributed by atoms with Gasteiger partial charge >= 0.3 is 0 Å². The third-order valence-corrected chi connectivity index (χ3v) is 3.19. The molecule has 0 radical (unpaired) electrons. The lowest BCUT2D eigenvalue weighted by Gasteiger charge is -2.24. The molecule has 0 saturated heterocycles. The predicted molar refractivity (Wildman–Crippen MR) is 62.3 cm³/mol. The molecule has 1 atom stereocenters. The summed E-state index contributed by atoms with van der Waals surface area (Å²) in [5.41, 5.74) is 2.04. The van der Waals surface area contributed by atoms with Crippen LogP contribution < -0.4 is 0 Å². The number of hydroxylamine groups is 1. The minimum atomic E-state index is -0.307. The molecule has 0 spiro atoms. The molecule has 1 aromatic carbocycles. The molecule has 2 rings (SSSR count). The molecular weight excluding hydrogens is 186 g/mol. The normalized spacial score (nSPS) is 23.9. The van der Waals surface area contributed by atoms with E-state index in [1.807, 2.05) is 32.0 Å². The van der Waals surface area contributed by atoms with E-state index in [0.717, 1.165) is 16.7 Å². The molecular formula is C13H17NO. The van der Waals surface area contributed by atoms with E-state index in [2.05, 4.69) is 13.0 Å². The molecule has 1 unspecified atom stereocenters. The fourth-order valence-electron chi connectivity index (χ4n) is 2.33. The topological polar surface area (TPSA) is 26.1 Å². The predicted octanol–water partition coefficient (Wildman–Crippen LogP) is 2.90. The Hall–Kier alpha value is -1.31. The maximum Gasteiger partial charge on any atom is 0.182 e. The Balaban J connectivity index is 2.55. The maximum atomic E-state index is 11.9. The summed E-state index contributed by atoms with van der Waals surface area (Å²) < 4.78 is 1.09. The third-order valence-electron chi connectivity index (χ3n) is 3.19. The Morgan fingerprint density at radius 1 is 1.33 bits per heavy atom. The van der Waals surface area contributed by atoms with Crippen molar-refractivity contribution in [3.05, 3.63) is 40.6 Å². The minimum absolute atomic E-state index is 0.307. The Labute approximate surface area is 90.8 Å². The molecule has 0 fully saturated rings. The Bertz CT molecular complexity index is 407. The van der Waals surface area contributed by atoms with Gasteiger partial charge in [0, 0.05) is 25.8 Å². The summed E-state index contributed by atoms with van der Waals surface area (Å²) in [6.07, 6.45) is 2.61. The van der Waals surface area contributed by atoms with Gasteiger partial charge in [0.2, 0.25) is 0 Å². The van der Waals surface area contributed by atoms with Gasteiger partial charge in [0.1, 0.15) is 0 Å². The van der Waals surface area contributed by atoms with Crippen LogP contribution in [-0.2, 0) is 0 Å². The fraction of sp³-hybridized carbons (Fsp3) is 0.462. The number of benzene rings is 1. The largest absolute Gasteiger partial charge is 0.623 e. The van der Waals surface area contributed by atoms with Gasteiger partial charge in [-0.15, -0.1) is 0 Å². The quantitative estimate of drug-likeness (QED) is 0.470. The van der Waals surface area contributed by atoms with Crippen LogP contribution in [0.1, 0.15) is 44.2 Å². The van der Waals surface area contributed by atoms with E-state index in [0.29, 0.717) is 5.92 Å². The second-order valence-corrected chi connectivity index (χ2v) is 5.00. The molecule has 0 N–H and O–H groups in total. The fourth-order valence-corrected chi connectivity index (χ4v) is 2.33. The first-order valence-electron chi connectivity index (χ1n) is 5.41. The summed E-state index contributed by atoms with van der Waals surface area (Å²) in [7, 11) is 0. The van der Waals surface area contributed by atoms with E-state index < -0.39 is 0 Å². The van der Waals surface area contributed by atoms with E-state index >= 15 is 0 Å². The van der Waals surface area contributed by atoms with Gasteiger partial charge in [-0.1, -0.05) is 25.1 Å². The average molecular weight is 203 g/mol. The van der Waals surface area contributed by atoms with Crippen molar-refractivity contribution in [3.63, 3.8) is 0 Å². The Kier molecular flexibility index (Phi) is 2.29. The molecule has 15 heavy (non-hydrogen) atoms. The summed E-state index contributed by atoms with van der Waals surface area (Å²) in [6.45, 7) is 6.19. The summed E-state index contributed by atoms with van der Waals surface area (Å²) in [5.74, 6) is 0.436.